The maximum atomic E-state index is 13.2. The molecule has 0 aliphatic carbocycles. The number of carbonyl (C=O) groups excluding carboxylic acids is 2. The number of aliphatic imine (C=N–C) groups is 1. The van der Waals surface area contributed by atoms with Crippen molar-refractivity contribution >= 4 is 34.6 Å². The van der Waals surface area contributed by atoms with Gasteiger partial charge in [0.1, 0.15) is 5.92 Å². The third-order valence-corrected chi connectivity index (χ3v) is 7.17. The first-order chi connectivity index (χ1) is 18.3. The van der Waals surface area contributed by atoms with Gasteiger partial charge >= 0.3 is 0 Å². The summed E-state index contributed by atoms with van der Waals surface area (Å²) in [6.45, 7) is 3.39. The molecule has 9 nitrogen and oxygen atoms in total. The van der Waals surface area contributed by atoms with Gasteiger partial charge in [-0.25, -0.2) is 0 Å². The monoisotopic (exact) mass is 511 g/mol. The van der Waals surface area contributed by atoms with Crippen LogP contribution in [0.4, 0.5) is 17.1 Å². The largest absolute Gasteiger partial charge is 0.338 e. The lowest BCUT2D eigenvalue weighted by atomic mass is 9.89. The fraction of sp³-hybridized carbons (Fsp3) is 0.276. The standard InChI is InChI=1S/C29H29N5O4/c1-18(35)33-14-12-21-15-23(9-8-22(21)17-33)31-28(20-6-4-19(5-7-20)3-2-13-30)27-25-16-24(34(37)38)10-11-26(25)32-29(27)36/h4-11,15-16,27H,2-3,12-14,17,30H2,1H3,(H,32,36). The van der Waals surface area contributed by atoms with E-state index in [1.54, 1.807) is 13.0 Å². The van der Waals surface area contributed by atoms with E-state index >= 15 is 0 Å². The zero-order valence-electron chi connectivity index (χ0n) is 21.1. The van der Waals surface area contributed by atoms with E-state index in [0.29, 0.717) is 42.3 Å². The van der Waals surface area contributed by atoms with Crippen LogP contribution >= 0.6 is 0 Å². The summed E-state index contributed by atoms with van der Waals surface area (Å²) in [6, 6.07) is 18.2. The Bertz CT molecular complexity index is 1450. The highest BCUT2D eigenvalue weighted by atomic mass is 16.6. The second kappa shape index (κ2) is 10.5. The number of rotatable bonds is 7. The average Bonchev–Trinajstić information content (AvgIpc) is 3.25. The Labute approximate surface area is 220 Å². The first-order valence-electron chi connectivity index (χ1n) is 12.7. The summed E-state index contributed by atoms with van der Waals surface area (Å²) < 4.78 is 0. The van der Waals surface area contributed by atoms with Gasteiger partial charge in [0.05, 0.1) is 16.3 Å². The number of aryl methyl sites for hydroxylation is 1. The Balaban J connectivity index is 1.58. The lowest BCUT2D eigenvalue weighted by molar-refractivity contribution is -0.384. The normalized spacial score (nSPS) is 16.6. The lowest BCUT2D eigenvalue weighted by Gasteiger charge is -2.28. The smallest absolute Gasteiger partial charge is 0.269 e. The van der Waals surface area contributed by atoms with Crippen LogP contribution in [0.5, 0.6) is 0 Å². The van der Waals surface area contributed by atoms with Crippen molar-refractivity contribution in [1.82, 2.24) is 4.90 Å². The summed E-state index contributed by atoms with van der Waals surface area (Å²) in [5, 5.41) is 14.3. The molecule has 38 heavy (non-hydrogen) atoms. The molecular weight excluding hydrogens is 482 g/mol. The number of nitro groups is 1. The molecule has 3 aromatic rings. The van der Waals surface area contributed by atoms with E-state index in [9.17, 15) is 19.7 Å². The Morgan fingerprint density at radius 3 is 2.63 bits per heavy atom. The Morgan fingerprint density at radius 1 is 1.13 bits per heavy atom. The third-order valence-electron chi connectivity index (χ3n) is 7.17. The van der Waals surface area contributed by atoms with Gasteiger partial charge < -0.3 is 16.0 Å². The van der Waals surface area contributed by atoms with Crippen molar-refractivity contribution < 1.29 is 14.5 Å². The molecule has 194 valence electrons. The minimum Gasteiger partial charge on any atom is -0.338 e. The fourth-order valence-electron chi connectivity index (χ4n) is 5.09. The van der Waals surface area contributed by atoms with E-state index in [0.717, 1.165) is 41.5 Å². The second-order valence-corrected chi connectivity index (χ2v) is 9.68. The topological polar surface area (TPSA) is 131 Å². The minimum atomic E-state index is -0.802. The van der Waals surface area contributed by atoms with Crippen LogP contribution in [0.2, 0.25) is 0 Å². The van der Waals surface area contributed by atoms with Gasteiger partial charge in [0.15, 0.2) is 0 Å². The number of carbonyl (C=O) groups is 2. The number of fused-ring (bicyclic) bond motifs is 2. The lowest BCUT2D eigenvalue weighted by Crippen LogP contribution is -2.34. The maximum Gasteiger partial charge on any atom is 0.269 e. The number of anilines is 1. The van der Waals surface area contributed by atoms with Crippen molar-refractivity contribution in [3.05, 3.63) is 98.6 Å². The zero-order valence-corrected chi connectivity index (χ0v) is 21.1. The van der Waals surface area contributed by atoms with E-state index in [1.165, 1.54) is 12.1 Å². The second-order valence-electron chi connectivity index (χ2n) is 9.68. The number of nitrogens with one attached hydrogen (secondary N) is 1. The molecular formula is C29H29N5O4. The van der Waals surface area contributed by atoms with Crippen LogP contribution in [0.25, 0.3) is 0 Å². The van der Waals surface area contributed by atoms with Gasteiger partial charge in [-0.2, -0.15) is 0 Å². The first kappa shape index (κ1) is 25.3. The molecule has 9 heteroatoms. The number of nitrogens with zero attached hydrogens (tertiary/aromatic N) is 3. The predicted octanol–water partition coefficient (Wildman–Crippen LogP) is 4.25. The number of hydrogen-bond acceptors (Lipinski definition) is 6. The molecule has 0 aromatic heterocycles. The summed E-state index contributed by atoms with van der Waals surface area (Å²) in [6.07, 6.45) is 2.45. The van der Waals surface area contributed by atoms with Gasteiger partial charge in [-0.1, -0.05) is 30.3 Å². The zero-order chi connectivity index (χ0) is 26.8. The average molecular weight is 512 g/mol. The summed E-state index contributed by atoms with van der Waals surface area (Å²) in [5.41, 5.74) is 12.0. The van der Waals surface area contributed by atoms with Crippen LogP contribution in [0.3, 0.4) is 0 Å². The quantitative estimate of drug-likeness (QED) is 0.278. The molecule has 0 bridgehead atoms. The summed E-state index contributed by atoms with van der Waals surface area (Å²) in [5.74, 6) is -1.03. The summed E-state index contributed by atoms with van der Waals surface area (Å²) in [4.78, 5) is 42.9. The maximum absolute atomic E-state index is 13.2. The van der Waals surface area contributed by atoms with Gasteiger partial charge in [-0.05, 0) is 66.3 Å². The number of nitro benzene ring substituents is 1. The number of non-ortho nitro benzene ring substituents is 1. The highest BCUT2D eigenvalue weighted by Gasteiger charge is 2.36. The van der Waals surface area contributed by atoms with E-state index in [-0.39, 0.29) is 17.5 Å². The molecule has 0 spiro atoms. The number of amides is 2. The van der Waals surface area contributed by atoms with Crippen molar-refractivity contribution in [3.63, 3.8) is 0 Å². The van der Waals surface area contributed by atoms with Crippen molar-refractivity contribution in [2.24, 2.45) is 10.7 Å². The Morgan fingerprint density at radius 2 is 1.92 bits per heavy atom. The van der Waals surface area contributed by atoms with Gasteiger partial charge in [0, 0.05) is 43.4 Å². The highest BCUT2D eigenvalue weighted by Crippen LogP contribution is 2.38. The number of hydrogen-bond donors (Lipinski definition) is 2. The highest BCUT2D eigenvalue weighted by molar-refractivity contribution is 6.24. The van der Waals surface area contributed by atoms with E-state index in [2.05, 4.69) is 5.32 Å². The molecule has 2 aliphatic heterocycles. The molecule has 2 amide bonds. The molecule has 2 heterocycles. The van der Waals surface area contributed by atoms with E-state index in [4.69, 9.17) is 10.7 Å². The van der Waals surface area contributed by atoms with Crippen LogP contribution in [0.1, 0.15) is 47.1 Å². The van der Waals surface area contributed by atoms with Crippen molar-refractivity contribution in [3.8, 4) is 0 Å². The number of benzene rings is 3. The molecule has 0 radical (unpaired) electrons. The molecule has 5 rings (SSSR count). The number of nitrogens with two attached hydrogens (primary N) is 1. The van der Waals surface area contributed by atoms with Crippen molar-refractivity contribution in [2.75, 3.05) is 18.4 Å². The van der Waals surface area contributed by atoms with Crippen LogP contribution in [-0.2, 0) is 29.0 Å². The van der Waals surface area contributed by atoms with Crippen molar-refractivity contribution in [2.45, 2.75) is 38.6 Å². The van der Waals surface area contributed by atoms with Crippen LogP contribution in [-0.4, -0.2) is 40.4 Å². The molecule has 1 unspecified atom stereocenters. The SMILES string of the molecule is CC(=O)N1CCc2cc(N=C(c3ccc(CCCN)cc3)C3C(=O)Nc4ccc([N+](=O)[O-])cc43)ccc2C1. The van der Waals surface area contributed by atoms with E-state index < -0.39 is 10.8 Å². The molecule has 0 fully saturated rings. The summed E-state index contributed by atoms with van der Waals surface area (Å²) in [7, 11) is 0. The Hall–Kier alpha value is -4.37. The fourth-order valence-corrected chi connectivity index (χ4v) is 5.09. The molecule has 0 saturated heterocycles. The van der Waals surface area contributed by atoms with Crippen molar-refractivity contribution in [1.29, 1.82) is 0 Å². The molecule has 2 aliphatic rings. The molecule has 3 aromatic carbocycles. The predicted molar refractivity (Wildman–Crippen MR) is 146 cm³/mol. The van der Waals surface area contributed by atoms with Gasteiger partial charge in [-0.3, -0.25) is 24.7 Å². The minimum absolute atomic E-state index is 0.0509. The Kier molecular flexibility index (Phi) is 7.02. The van der Waals surface area contributed by atoms with Gasteiger partial charge in [-0.15, -0.1) is 0 Å². The van der Waals surface area contributed by atoms with E-state index in [1.807, 2.05) is 47.4 Å². The van der Waals surface area contributed by atoms with Crippen LogP contribution < -0.4 is 11.1 Å². The van der Waals surface area contributed by atoms with Crippen LogP contribution in [0, 0.1) is 10.1 Å². The first-order valence-corrected chi connectivity index (χ1v) is 12.7. The molecule has 3 N–H and O–H groups in total. The summed E-state index contributed by atoms with van der Waals surface area (Å²) >= 11 is 0. The molecule has 1 atom stereocenters. The van der Waals surface area contributed by atoms with Crippen LogP contribution in [0.15, 0.2) is 65.7 Å². The third kappa shape index (κ3) is 5.05. The molecule has 0 saturated carbocycles. The van der Waals surface area contributed by atoms with Gasteiger partial charge in [0.25, 0.3) is 5.69 Å². The van der Waals surface area contributed by atoms with Gasteiger partial charge in [0.2, 0.25) is 11.8 Å².